The van der Waals surface area contributed by atoms with Gasteiger partial charge in [0.1, 0.15) is 11.2 Å². The molecule has 354 valence electrons. The Kier molecular flexibility index (Phi) is 27.3. The lowest BCUT2D eigenvalue weighted by molar-refractivity contribution is -0.141. The van der Waals surface area contributed by atoms with Gasteiger partial charge in [0.25, 0.3) is 0 Å². The molecule has 63 heavy (non-hydrogen) atoms. The third-order valence-electron chi connectivity index (χ3n) is 9.70. The molecule has 0 saturated carbocycles. The van der Waals surface area contributed by atoms with E-state index in [-0.39, 0.29) is 36.5 Å². The van der Waals surface area contributed by atoms with Gasteiger partial charge in [0.05, 0.1) is 32.5 Å². The highest BCUT2D eigenvalue weighted by molar-refractivity contribution is 5.89. The SMILES string of the molecule is COC(=O)CCCCCCCN(CCCc1ccc(C(=O)OC)cc1)C(=O)OC(C)(C)C.COC(=O)c1ccc(CCCN(CCCCCCCC(=O)O)C(=O)OC(C)(C)C)cc1. The number of unbranched alkanes of at least 4 members (excludes halogenated alkanes) is 8. The van der Waals surface area contributed by atoms with E-state index in [4.69, 9.17) is 24.1 Å². The van der Waals surface area contributed by atoms with Gasteiger partial charge >= 0.3 is 36.1 Å². The van der Waals surface area contributed by atoms with Crippen LogP contribution in [0.3, 0.4) is 0 Å². The smallest absolute Gasteiger partial charge is 0.410 e. The molecule has 0 heterocycles. The van der Waals surface area contributed by atoms with Crippen LogP contribution in [0, 0.1) is 0 Å². The lowest BCUT2D eigenvalue weighted by atomic mass is 10.1. The summed E-state index contributed by atoms with van der Waals surface area (Å²) < 4.78 is 25.2. The number of esters is 3. The van der Waals surface area contributed by atoms with Gasteiger partial charge in [0.15, 0.2) is 0 Å². The van der Waals surface area contributed by atoms with Crippen LogP contribution in [0.15, 0.2) is 48.5 Å². The molecule has 2 aromatic rings. The van der Waals surface area contributed by atoms with Crippen molar-refractivity contribution in [3.05, 3.63) is 70.8 Å². The lowest BCUT2D eigenvalue weighted by Crippen LogP contribution is -2.38. The number of amides is 2. The number of hydrogen-bond donors (Lipinski definition) is 1. The number of hydrogen-bond acceptors (Lipinski definition) is 11. The molecule has 14 nitrogen and oxygen atoms in total. The molecule has 2 aromatic carbocycles. The number of benzene rings is 2. The second-order valence-electron chi connectivity index (χ2n) is 17.5. The van der Waals surface area contributed by atoms with Gasteiger partial charge in [-0.25, -0.2) is 19.2 Å². The summed E-state index contributed by atoms with van der Waals surface area (Å²) in [5.41, 5.74) is 2.16. The molecule has 2 amide bonds. The molecule has 0 atom stereocenters. The Morgan fingerprint density at radius 3 is 1.13 bits per heavy atom. The fourth-order valence-corrected chi connectivity index (χ4v) is 6.35. The minimum atomic E-state index is -0.754. The van der Waals surface area contributed by atoms with E-state index in [2.05, 4.69) is 4.74 Å². The highest BCUT2D eigenvalue weighted by atomic mass is 16.6. The highest BCUT2D eigenvalue weighted by Crippen LogP contribution is 2.16. The van der Waals surface area contributed by atoms with Gasteiger partial charge in [-0.05, 0) is 128 Å². The highest BCUT2D eigenvalue weighted by Gasteiger charge is 2.23. The van der Waals surface area contributed by atoms with Crippen LogP contribution in [0.1, 0.15) is 163 Å². The Morgan fingerprint density at radius 2 is 0.794 bits per heavy atom. The first kappa shape index (κ1) is 55.9. The van der Waals surface area contributed by atoms with E-state index in [1.54, 1.807) is 34.1 Å². The zero-order valence-corrected chi connectivity index (χ0v) is 39.6. The number of ether oxygens (including phenoxy) is 5. The minimum Gasteiger partial charge on any atom is -0.481 e. The zero-order valence-electron chi connectivity index (χ0n) is 39.6. The second-order valence-corrected chi connectivity index (χ2v) is 17.5. The third-order valence-corrected chi connectivity index (χ3v) is 9.70. The van der Waals surface area contributed by atoms with E-state index < -0.39 is 17.2 Å². The Labute approximate surface area is 376 Å². The van der Waals surface area contributed by atoms with Crippen molar-refractivity contribution in [2.45, 2.75) is 155 Å². The molecular formula is C49H76N2O12. The first-order valence-corrected chi connectivity index (χ1v) is 22.4. The van der Waals surface area contributed by atoms with Crippen LogP contribution in [0.5, 0.6) is 0 Å². The van der Waals surface area contributed by atoms with Crippen LogP contribution in [0.25, 0.3) is 0 Å². The predicted octanol–water partition coefficient (Wildman–Crippen LogP) is 10.2. The van der Waals surface area contributed by atoms with Gasteiger partial charge in [-0.3, -0.25) is 9.59 Å². The van der Waals surface area contributed by atoms with Crippen molar-refractivity contribution in [3.63, 3.8) is 0 Å². The second kappa shape index (κ2) is 30.8. The molecule has 0 fully saturated rings. The Morgan fingerprint density at radius 1 is 0.460 bits per heavy atom. The molecule has 0 aliphatic carbocycles. The number of carboxylic acid groups (broad SMARTS) is 1. The summed E-state index contributed by atoms with van der Waals surface area (Å²) in [4.78, 5) is 73.5. The summed E-state index contributed by atoms with van der Waals surface area (Å²) in [6.07, 6.45) is 12.3. The molecule has 0 aliphatic heterocycles. The quantitative estimate of drug-likeness (QED) is 0.0538. The van der Waals surface area contributed by atoms with Gasteiger partial charge in [-0.1, -0.05) is 62.8 Å². The van der Waals surface area contributed by atoms with Gasteiger partial charge in [-0.15, -0.1) is 0 Å². The van der Waals surface area contributed by atoms with Crippen molar-refractivity contribution in [2.75, 3.05) is 47.5 Å². The van der Waals surface area contributed by atoms with Crippen molar-refractivity contribution in [3.8, 4) is 0 Å². The standard InChI is InChI=1S/C25H39NO6.C24H37NO6/c1-25(2,3)32-24(29)26(18-10-8-6-7-9-13-22(27)30-4)19-11-12-20-14-16-21(17-15-20)23(28)31-5;1-24(2,3)31-23(29)25(17-9-7-5-6-8-12-21(26)27)18-10-11-19-13-15-20(16-14-19)22(28)30-4/h14-17H,6-13,18-19H2,1-5H3;13-16H,5-12,17-18H2,1-4H3,(H,26,27). The summed E-state index contributed by atoms with van der Waals surface area (Å²) in [5, 5.41) is 8.68. The predicted molar refractivity (Wildman–Crippen MR) is 243 cm³/mol. The molecule has 2 rings (SSSR count). The molecule has 0 aromatic heterocycles. The number of methoxy groups -OCH3 is 3. The maximum atomic E-state index is 12.6. The number of nitrogens with zero attached hydrogens (tertiary/aromatic N) is 2. The first-order chi connectivity index (χ1) is 29.8. The average molecular weight is 885 g/mol. The van der Waals surface area contributed by atoms with Crippen molar-refractivity contribution in [1.82, 2.24) is 9.80 Å². The van der Waals surface area contributed by atoms with E-state index in [1.165, 1.54) is 21.3 Å². The van der Waals surface area contributed by atoms with Crippen LogP contribution in [0.2, 0.25) is 0 Å². The van der Waals surface area contributed by atoms with E-state index in [0.29, 0.717) is 50.1 Å². The maximum Gasteiger partial charge on any atom is 0.410 e. The van der Waals surface area contributed by atoms with Crippen molar-refractivity contribution >= 4 is 36.1 Å². The monoisotopic (exact) mass is 885 g/mol. The molecule has 0 aliphatic rings. The Hall–Kier alpha value is -5.14. The summed E-state index contributed by atoms with van der Waals surface area (Å²) in [6, 6.07) is 14.6. The number of rotatable bonds is 26. The van der Waals surface area contributed by atoms with Gasteiger partial charge in [0, 0.05) is 39.0 Å². The molecule has 0 unspecified atom stereocenters. The van der Waals surface area contributed by atoms with E-state index >= 15 is 0 Å². The van der Waals surface area contributed by atoms with Gasteiger partial charge in [0.2, 0.25) is 0 Å². The van der Waals surface area contributed by atoms with Crippen LogP contribution in [-0.2, 0) is 46.1 Å². The van der Waals surface area contributed by atoms with Crippen LogP contribution in [-0.4, -0.2) is 110 Å². The maximum absolute atomic E-state index is 12.6. The zero-order chi connectivity index (χ0) is 47.3. The number of carbonyl (C=O) groups is 6. The summed E-state index contributed by atoms with van der Waals surface area (Å²) in [5.74, 6) is -1.62. The third kappa shape index (κ3) is 27.5. The van der Waals surface area contributed by atoms with Gasteiger partial charge in [-0.2, -0.15) is 0 Å². The van der Waals surface area contributed by atoms with E-state index in [1.807, 2.05) is 65.8 Å². The van der Waals surface area contributed by atoms with E-state index in [9.17, 15) is 28.8 Å². The summed E-state index contributed by atoms with van der Waals surface area (Å²) >= 11 is 0. The molecule has 0 radical (unpaired) electrons. The van der Waals surface area contributed by atoms with E-state index in [0.717, 1.165) is 94.6 Å². The van der Waals surface area contributed by atoms with Gasteiger partial charge < -0.3 is 38.6 Å². The molecule has 0 saturated heterocycles. The number of aliphatic carboxylic acids is 1. The molecule has 1 N–H and O–H groups in total. The van der Waals surface area contributed by atoms with Crippen LogP contribution < -0.4 is 0 Å². The summed E-state index contributed by atoms with van der Waals surface area (Å²) in [6.45, 7) is 13.6. The minimum absolute atomic E-state index is 0.166. The van der Waals surface area contributed by atoms with Crippen molar-refractivity contribution < 1.29 is 57.6 Å². The van der Waals surface area contributed by atoms with Crippen LogP contribution >= 0.6 is 0 Å². The molecular weight excluding hydrogens is 809 g/mol. The fourth-order valence-electron chi connectivity index (χ4n) is 6.35. The van der Waals surface area contributed by atoms with Crippen molar-refractivity contribution in [1.29, 1.82) is 0 Å². The Balaban J connectivity index is 0.000000630. The molecule has 0 bridgehead atoms. The van der Waals surface area contributed by atoms with Crippen LogP contribution in [0.4, 0.5) is 9.59 Å². The topological polar surface area (TPSA) is 175 Å². The lowest BCUT2D eigenvalue weighted by Gasteiger charge is -2.27. The number of carboxylic acids is 1. The average Bonchev–Trinajstić information content (AvgIpc) is 3.23. The van der Waals surface area contributed by atoms with Crippen molar-refractivity contribution in [2.24, 2.45) is 0 Å². The normalized spacial score (nSPS) is 11.1. The summed E-state index contributed by atoms with van der Waals surface area (Å²) in [7, 11) is 4.13. The molecule has 0 spiro atoms. The largest absolute Gasteiger partial charge is 0.481 e. The molecule has 14 heteroatoms. The fraction of sp³-hybridized carbons (Fsp3) is 0.633. The Bertz CT molecular complexity index is 1650. The first-order valence-electron chi connectivity index (χ1n) is 22.4. The number of aryl methyl sites for hydroxylation is 2. The number of carbonyl (C=O) groups excluding carboxylic acids is 5.